The van der Waals surface area contributed by atoms with Crippen LogP contribution in [-0.4, -0.2) is 82.0 Å². The van der Waals surface area contributed by atoms with Crippen molar-refractivity contribution in [3.63, 3.8) is 0 Å². The van der Waals surface area contributed by atoms with Crippen LogP contribution in [-0.2, 0) is 4.74 Å². The van der Waals surface area contributed by atoms with Crippen LogP contribution in [0.3, 0.4) is 0 Å². The third kappa shape index (κ3) is 5.95. The molecule has 0 aromatic heterocycles. The first-order valence-electron chi connectivity index (χ1n) is 10.5. The second-order valence-electron chi connectivity index (χ2n) is 8.26. The lowest BCUT2D eigenvalue weighted by atomic mass is 10.0. The topological polar surface area (TPSA) is 61.4 Å². The molecule has 168 valence electrons. The molecule has 2 N–H and O–H groups in total. The minimum absolute atomic E-state index is 0.0192. The number of hydrogen-bond donors (Lipinski definition) is 2. The van der Waals surface area contributed by atoms with Crippen molar-refractivity contribution in [2.45, 2.75) is 38.5 Å². The van der Waals surface area contributed by atoms with Gasteiger partial charge in [-0.05, 0) is 32.4 Å². The highest BCUT2D eigenvalue weighted by molar-refractivity contribution is 5.80. The number of benzene rings is 1. The number of alkyl halides is 2. The molecule has 1 aromatic rings. The number of halogens is 2. The molecule has 0 amide bonds. The first-order valence-corrected chi connectivity index (χ1v) is 10.5. The zero-order valence-corrected chi connectivity index (χ0v) is 18.0. The Morgan fingerprint density at radius 2 is 2.00 bits per heavy atom. The van der Waals surface area contributed by atoms with Crippen LogP contribution < -0.4 is 20.3 Å². The molecular weight excluding hydrogens is 392 g/mol. The Balaban J connectivity index is 1.53. The van der Waals surface area contributed by atoms with Crippen LogP contribution in [0.15, 0.2) is 29.3 Å². The van der Waals surface area contributed by atoms with Crippen molar-refractivity contribution in [1.82, 2.24) is 15.5 Å². The number of para-hydroxylation sites is 2. The van der Waals surface area contributed by atoms with E-state index in [9.17, 15) is 8.78 Å². The molecule has 0 radical (unpaired) electrons. The van der Waals surface area contributed by atoms with Crippen LogP contribution in [0, 0.1) is 0 Å². The van der Waals surface area contributed by atoms with E-state index in [2.05, 4.69) is 44.0 Å². The number of guanidine groups is 1. The Morgan fingerprint density at radius 3 is 2.70 bits per heavy atom. The molecule has 7 nitrogen and oxygen atoms in total. The lowest BCUT2D eigenvalue weighted by molar-refractivity contribution is -0.0495. The minimum Gasteiger partial charge on any atom is -0.433 e. The highest BCUT2D eigenvalue weighted by Crippen LogP contribution is 2.31. The Labute approximate surface area is 177 Å². The van der Waals surface area contributed by atoms with Gasteiger partial charge in [-0.1, -0.05) is 12.1 Å². The van der Waals surface area contributed by atoms with Crippen LogP contribution >= 0.6 is 0 Å². The molecular formula is C21H33F2N5O2. The molecule has 0 spiro atoms. The van der Waals surface area contributed by atoms with Gasteiger partial charge in [0.05, 0.1) is 18.9 Å². The molecule has 2 fully saturated rings. The van der Waals surface area contributed by atoms with Gasteiger partial charge in [0, 0.05) is 51.4 Å². The minimum atomic E-state index is -2.83. The SMILES string of the molecule is CN=C(NCC(C)(C)N1CCOCC1)NC1CCN(c2ccccc2OC(F)F)C1. The van der Waals surface area contributed by atoms with Crippen molar-refractivity contribution in [3.8, 4) is 5.75 Å². The first kappa shape index (κ1) is 22.6. The number of ether oxygens (including phenoxy) is 2. The summed E-state index contributed by atoms with van der Waals surface area (Å²) in [4.78, 5) is 8.86. The van der Waals surface area contributed by atoms with Gasteiger partial charge in [-0.25, -0.2) is 0 Å². The van der Waals surface area contributed by atoms with Crippen molar-refractivity contribution in [3.05, 3.63) is 24.3 Å². The highest BCUT2D eigenvalue weighted by Gasteiger charge is 2.29. The van der Waals surface area contributed by atoms with E-state index in [0.717, 1.165) is 51.8 Å². The van der Waals surface area contributed by atoms with E-state index in [1.807, 2.05) is 12.1 Å². The summed E-state index contributed by atoms with van der Waals surface area (Å²) in [7, 11) is 1.76. The van der Waals surface area contributed by atoms with Gasteiger partial charge in [0.1, 0.15) is 5.75 Å². The summed E-state index contributed by atoms with van der Waals surface area (Å²) >= 11 is 0. The van der Waals surface area contributed by atoms with Gasteiger partial charge in [0.15, 0.2) is 5.96 Å². The third-order valence-electron chi connectivity index (χ3n) is 5.73. The lowest BCUT2D eigenvalue weighted by Crippen LogP contribution is -2.57. The number of rotatable bonds is 7. The van der Waals surface area contributed by atoms with Gasteiger partial charge < -0.3 is 25.0 Å². The van der Waals surface area contributed by atoms with Crippen LogP contribution in [0.4, 0.5) is 14.5 Å². The molecule has 0 bridgehead atoms. The van der Waals surface area contributed by atoms with Crippen LogP contribution in [0.25, 0.3) is 0 Å². The molecule has 9 heteroatoms. The molecule has 1 atom stereocenters. The zero-order valence-electron chi connectivity index (χ0n) is 18.0. The van der Waals surface area contributed by atoms with E-state index in [-0.39, 0.29) is 17.3 Å². The smallest absolute Gasteiger partial charge is 0.387 e. The summed E-state index contributed by atoms with van der Waals surface area (Å²) in [6.45, 7) is 7.21. The van der Waals surface area contributed by atoms with Gasteiger partial charge in [-0.2, -0.15) is 8.78 Å². The molecule has 1 unspecified atom stereocenters. The Kier molecular flexibility index (Phi) is 7.71. The fourth-order valence-electron chi connectivity index (χ4n) is 3.98. The number of hydrogen-bond acceptors (Lipinski definition) is 5. The van der Waals surface area contributed by atoms with E-state index < -0.39 is 6.61 Å². The average Bonchev–Trinajstić information content (AvgIpc) is 3.20. The predicted octanol–water partition coefficient (Wildman–Crippen LogP) is 2.14. The monoisotopic (exact) mass is 425 g/mol. The van der Waals surface area contributed by atoms with Crippen molar-refractivity contribution >= 4 is 11.6 Å². The molecule has 30 heavy (non-hydrogen) atoms. The summed E-state index contributed by atoms with van der Waals surface area (Å²) in [6, 6.07) is 7.11. The van der Waals surface area contributed by atoms with Crippen molar-refractivity contribution in [1.29, 1.82) is 0 Å². The number of nitrogens with zero attached hydrogens (tertiary/aromatic N) is 3. The maximum absolute atomic E-state index is 12.7. The van der Waals surface area contributed by atoms with E-state index in [0.29, 0.717) is 12.2 Å². The van der Waals surface area contributed by atoms with Crippen molar-refractivity contribution in [2.24, 2.45) is 4.99 Å². The summed E-state index contributed by atoms with van der Waals surface area (Å²) in [6.07, 6.45) is 0.885. The largest absolute Gasteiger partial charge is 0.433 e. The zero-order chi connectivity index (χ0) is 21.6. The summed E-state index contributed by atoms with van der Waals surface area (Å²) in [5.74, 6) is 0.961. The lowest BCUT2D eigenvalue weighted by Gasteiger charge is -2.41. The Morgan fingerprint density at radius 1 is 1.27 bits per heavy atom. The quantitative estimate of drug-likeness (QED) is 0.516. The first-order chi connectivity index (χ1) is 14.4. The fraction of sp³-hybridized carbons (Fsp3) is 0.667. The molecule has 2 aliphatic rings. The van der Waals surface area contributed by atoms with E-state index in [4.69, 9.17) is 4.74 Å². The van der Waals surface area contributed by atoms with Crippen LogP contribution in [0.1, 0.15) is 20.3 Å². The Hall–Kier alpha value is -2.13. The standard InChI is InChI=1S/C21H33F2N5O2/c1-21(2,28-10-12-29-13-11-28)15-25-20(24-3)26-16-8-9-27(14-16)17-6-4-5-7-18(17)30-19(22)23/h4-7,16,19H,8-15H2,1-3H3,(H2,24,25,26). The predicted molar refractivity (Wildman–Crippen MR) is 115 cm³/mol. The highest BCUT2D eigenvalue weighted by atomic mass is 19.3. The molecule has 2 saturated heterocycles. The molecule has 2 aliphatic heterocycles. The van der Waals surface area contributed by atoms with Crippen LogP contribution in [0.5, 0.6) is 5.75 Å². The summed E-state index contributed by atoms with van der Waals surface area (Å²) in [5, 5.41) is 6.91. The number of morpholine rings is 1. The van der Waals surface area contributed by atoms with Gasteiger partial charge in [0.25, 0.3) is 0 Å². The van der Waals surface area contributed by atoms with Gasteiger partial charge in [-0.3, -0.25) is 9.89 Å². The molecule has 3 rings (SSSR count). The van der Waals surface area contributed by atoms with Crippen molar-refractivity contribution in [2.75, 3.05) is 57.9 Å². The number of nitrogens with one attached hydrogen (secondary N) is 2. The maximum Gasteiger partial charge on any atom is 0.387 e. The fourth-order valence-corrected chi connectivity index (χ4v) is 3.98. The molecule has 0 aliphatic carbocycles. The van der Waals surface area contributed by atoms with Crippen molar-refractivity contribution < 1.29 is 18.3 Å². The summed E-state index contributed by atoms with van der Waals surface area (Å²) < 4.78 is 35.6. The van der Waals surface area contributed by atoms with Gasteiger partial charge in [0.2, 0.25) is 0 Å². The summed E-state index contributed by atoms with van der Waals surface area (Å²) in [5.41, 5.74) is 0.674. The number of anilines is 1. The Bertz CT molecular complexity index is 710. The van der Waals surface area contributed by atoms with E-state index in [1.165, 1.54) is 0 Å². The second kappa shape index (κ2) is 10.3. The average molecular weight is 426 g/mol. The molecule has 1 aromatic carbocycles. The van der Waals surface area contributed by atoms with Gasteiger partial charge in [-0.15, -0.1) is 0 Å². The van der Waals surface area contributed by atoms with Gasteiger partial charge >= 0.3 is 6.61 Å². The number of aliphatic imine (C=N–C) groups is 1. The van der Waals surface area contributed by atoms with E-state index >= 15 is 0 Å². The van der Waals surface area contributed by atoms with E-state index in [1.54, 1.807) is 19.2 Å². The molecule has 0 saturated carbocycles. The normalized spacial score (nSPS) is 21.2. The molecule has 2 heterocycles. The second-order valence-corrected chi connectivity index (χ2v) is 8.26. The third-order valence-corrected chi connectivity index (χ3v) is 5.73. The maximum atomic E-state index is 12.7. The van der Waals surface area contributed by atoms with Crippen LogP contribution in [0.2, 0.25) is 0 Å².